The van der Waals surface area contributed by atoms with Crippen molar-refractivity contribution in [1.82, 2.24) is 9.55 Å². The van der Waals surface area contributed by atoms with E-state index >= 15 is 0 Å². The molecule has 0 atom stereocenters. The van der Waals surface area contributed by atoms with Gasteiger partial charge < -0.3 is 0 Å². The Bertz CT molecular complexity index is 964. The molecule has 0 spiro atoms. The van der Waals surface area contributed by atoms with Gasteiger partial charge in [0.05, 0.1) is 11.0 Å². The normalized spacial score (nSPS) is 11.3. The van der Waals surface area contributed by atoms with Gasteiger partial charge in [-0.05, 0) is 49.2 Å². The molecule has 102 valence electrons. The summed E-state index contributed by atoms with van der Waals surface area (Å²) in [6, 6.07) is 19.3. The van der Waals surface area contributed by atoms with Crippen LogP contribution in [0, 0.1) is 13.8 Å². The summed E-state index contributed by atoms with van der Waals surface area (Å²) in [5.74, 6) is 0.979. The maximum absolute atomic E-state index is 4.57. The van der Waals surface area contributed by atoms with Crippen LogP contribution < -0.4 is 0 Å². The van der Waals surface area contributed by atoms with Gasteiger partial charge in [0.25, 0.3) is 0 Å². The Labute approximate surface area is 123 Å². The minimum atomic E-state index is 0.979. The molecule has 2 heteroatoms. The molecule has 2 aromatic carbocycles. The van der Waals surface area contributed by atoms with E-state index < -0.39 is 0 Å². The van der Waals surface area contributed by atoms with Crippen LogP contribution in [-0.2, 0) is 0 Å². The molecule has 2 aromatic heterocycles. The Morgan fingerprint density at radius 1 is 0.762 bits per heavy atom. The number of aryl methyl sites for hydroxylation is 2. The van der Waals surface area contributed by atoms with Crippen LogP contribution in [0.15, 0.2) is 60.8 Å². The molecule has 0 fully saturated rings. The molecule has 2 nitrogen and oxygen atoms in total. The van der Waals surface area contributed by atoms with Gasteiger partial charge in [-0.15, -0.1) is 0 Å². The molecule has 0 saturated heterocycles. The number of nitrogens with zero attached hydrogens (tertiary/aromatic N) is 2. The highest BCUT2D eigenvalue weighted by atomic mass is 15.1. The van der Waals surface area contributed by atoms with Crippen molar-refractivity contribution in [2.75, 3.05) is 0 Å². The Morgan fingerprint density at radius 3 is 2.38 bits per heavy atom. The summed E-state index contributed by atoms with van der Waals surface area (Å²) in [6.07, 6.45) is 1.88. The fourth-order valence-corrected chi connectivity index (χ4v) is 2.97. The number of hydrogen-bond donors (Lipinski definition) is 0. The molecule has 0 bridgehead atoms. The summed E-state index contributed by atoms with van der Waals surface area (Å²) >= 11 is 0. The molecule has 0 unspecified atom stereocenters. The third-order valence-corrected chi connectivity index (χ3v) is 3.96. The van der Waals surface area contributed by atoms with Gasteiger partial charge >= 0.3 is 0 Å². The molecule has 0 saturated carbocycles. The van der Waals surface area contributed by atoms with Crippen LogP contribution in [0.25, 0.3) is 27.6 Å². The number of aromatic nitrogens is 2. The summed E-state index contributed by atoms with van der Waals surface area (Å²) < 4.78 is 2.25. The Morgan fingerprint density at radius 2 is 1.52 bits per heavy atom. The lowest BCUT2D eigenvalue weighted by Gasteiger charge is -2.07. The Balaban J connectivity index is 2.21. The van der Waals surface area contributed by atoms with Gasteiger partial charge in [0, 0.05) is 17.0 Å². The molecule has 0 amide bonds. The van der Waals surface area contributed by atoms with Crippen LogP contribution >= 0.6 is 0 Å². The van der Waals surface area contributed by atoms with Crippen LogP contribution in [0.5, 0.6) is 0 Å². The predicted molar refractivity (Wildman–Crippen MR) is 88.1 cm³/mol. The second-order valence-electron chi connectivity index (χ2n) is 5.56. The molecule has 0 aliphatic carbocycles. The van der Waals surface area contributed by atoms with Crippen LogP contribution in [-0.4, -0.2) is 9.55 Å². The second kappa shape index (κ2) is 4.45. The van der Waals surface area contributed by atoms with Gasteiger partial charge in [0.1, 0.15) is 5.82 Å². The van der Waals surface area contributed by atoms with Gasteiger partial charge in [0.2, 0.25) is 0 Å². The first-order chi connectivity index (χ1) is 10.2. The molecule has 2 heterocycles. The van der Waals surface area contributed by atoms with Crippen molar-refractivity contribution in [1.29, 1.82) is 0 Å². The highest BCUT2D eigenvalue weighted by molar-refractivity contribution is 6.09. The molecule has 0 aliphatic rings. The topological polar surface area (TPSA) is 17.8 Å². The molecule has 21 heavy (non-hydrogen) atoms. The first-order valence-corrected chi connectivity index (χ1v) is 7.17. The Hall–Kier alpha value is -2.61. The lowest BCUT2D eigenvalue weighted by atomic mass is 10.1. The zero-order valence-corrected chi connectivity index (χ0v) is 12.2. The third kappa shape index (κ3) is 1.83. The van der Waals surface area contributed by atoms with E-state index in [9.17, 15) is 0 Å². The van der Waals surface area contributed by atoms with Gasteiger partial charge in [0.15, 0.2) is 0 Å². The quantitative estimate of drug-likeness (QED) is 0.487. The molecule has 0 N–H and O–H groups in total. The summed E-state index contributed by atoms with van der Waals surface area (Å²) in [5, 5.41) is 2.55. The number of rotatable bonds is 1. The van der Waals surface area contributed by atoms with Gasteiger partial charge in [-0.1, -0.05) is 30.3 Å². The lowest BCUT2D eigenvalue weighted by molar-refractivity contribution is 1.07. The number of benzene rings is 2. The first-order valence-electron chi connectivity index (χ1n) is 7.17. The van der Waals surface area contributed by atoms with E-state index in [1.807, 2.05) is 12.3 Å². The van der Waals surface area contributed by atoms with E-state index in [1.54, 1.807) is 0 Å². The van der Waals surface area contributed by atoms with Crippen LogP contribution in [0.1, 0.15) is 11.1 Å². The van der Waals surface area contributed by atoms with Crippen molar-refractivity contribution < 1.29 is 0 Å². The van der Waals surface area contributed by atoms with Crippen molar-refractivity contribution in [3.63, 3.8) is 0 Å². The molecule has 0 radical (unpaired) electrons. The van der Waals surface area contributed by atoms with E-state index in [-0.39, 0.29) is 0 Å². The second-order valence-corrected chi connectivity index (χ2v) is 5.56. The van der Waals surface area contributed by atoms with E-state index in [2.05, 4.69) is 71.9 Å². The lowest BCUT2D eigenvalue weighted by Crippen LogP contribution is -1.97. The van der Waals surface area contributed by atoms with Crippen molar-refractivity contribution in [3.05, 3.63) is 71.9 Å². The molecule has 0 aliphatic heterocycles. The molecule has 4 aromatic rings. The van der Waals surface area contributed by atoms with Gasteiger partial charge in [-0.25, -0.2) is 4.98 Å². The summed E-state index contributed by atoms with van der Waals surface area (Å²) in [4.78, 5) is 4.57. The molecular weight excluding hydrogens is 256 g/mol. The molecule has 4 rings (SSSR count). The van der Waals surface area contributed by atoms with E-state index in [1.165, 1.54) is 32.9 Å². The zero-order chi connectivity index (χ0) is 14.4. The molecular formula is C19H16N2. The van der Waals surface area contributed by atoms with Crippen molar-refractivity contribution in [2.24, 2.45) is 0 Å². The monoisotopic (exact) mass is 272 g/mol. The standard InChI is InChI=1S/C19H16N2/c1-13-7-8-16-15-5-3-4-6-17(15)21(18(16)11-13)19-12-14(2)9-10-20-19/h3-12H,1-2H3. The highest BCUT2D eigenvalue weighted by Crippen LogP contribution is 2.31. The number of fused-ring (bicyclic) bond motifs is 3. The first kappa shape index (κ1) is 12.2. The maximum Gasteiger partial charge on any atom is 0.137 e. The Kier molecular flexibility index (Phi) is 2.58. The number of para-hydroxylation sites is 1. The summed E-state index contributed by atoms with van der Waals surface area (Å²) in [7, 11) is 0. The minimum Gasteiger partial charge on any atom is -0.294 e. The smallest absolute Gasteiger partial charge is 0.137 e. The fraction of sp³-hybridized carbons (Fsp3) is 0.105. The van der Waals surface area contributed by atoms with Gasteiger partial charge in [-0.3, -0.25) is 4.57 Å². The van der Waals surface area contributed by atoms with Crippen LogP contribution in [0.4, 0.5) is 0 Å². The summed E-state index contributed by atoms with van der Waals surface area (Å²) in [6.45, 7) is 4.23. The fourth-order valence-electron chi connectivity index (χ4n) is 2.97. The number of pyridine rings is 1. The average Bonchev–Trinajstić information content (AvgIpc) is 2.80. The van der Waals surface area contributed by atoms with E-state index in [0.717, 1.165) is 5.82 Å². The average molecular weight is 272 g/mol. The van der Waals surface area contributed by atoms with Gasteiger partial charge in [-0.2, -0.15) is 0 Å². The minimum absolute atomic E-state index is 0.979. The van der Waals surface area contributed by atoms with Crippen LogP contribution in [0.3, 0.4) is 0 Å². The zero-order valence-electron chi connectivity index (χ0n) is 12.2. The van der Waals surface area contributed by atoms with Crippen molar-refractivity contribution in [2.45, 2.75) is 13.8 Å². The SMILES string of the molecule is Cc1ccnc(-n2c3ccccc3c3ccc(C)cc32)c1. The number of hydrogen-bond acceptors (Lipinski definition) is 1. The van der Waals surface area contributed by atoms with E-state index in [4.69, 9.17) is 0 Å². The largest absolute Gasteiger partial charge is 0.294 e. The van der Waals surface area contributed by atoms with Crippen molar-refractivity contribution >= 4 is 21.8 Å². The third-order valence-electron chi connectivity index (χ3n) is 3.96. The predicted octanol–water partition coefficient (Wildman–Crippen LogP) is 4.80. The van der Waals surface area contributed by atoms with Crippen LogP contribution in [0.2, 0.25) is 0 Å². The van der Waals surface area contributed by atoms with Crippen molar-refractivity contribution in [3.8, 4) is 5.82 Å². The van der Waals surface area contributed by atoms with E-state index in [0.29, 0.717) is 0 Å². The highest BCUT2D eigenvalue weighted by Gasteiger charge is 2.12. The summed E-state index contributed by atoms with van der Waals surface area (Å²) in [5.41, 5.74) is 4.91. The maximum atomic E-state index is 4.57.